The summed E-state index contributed by atoms with van der Waals surface area (Å²) in [5, 5.41) is 50.0. The van der Waals surface area contributed by atoms with Crippen LogP contribution in [-0.2, 0) is 15.1 Å². The molecule has 0 amide bonds. The lowest BCUT2D eigenvalue weighted by molar-refractivity contribution is -0.277. The molecule has 0 saturated carbocycles. The van der Waals surface area contributed by atoms with Crippen molar-refractivity contribution in [2.75, 3.05) is 6.61 Å². The highest BCUT2D eigenvalue weighted by molar-refractivity contribution is 5.97. The predicted molar refractivity (Wildman–Crippen MR) is 121 cm³/mol. The van der Waals surface area contributed by atoms with E-state index in [4.69, 9.17) is 20.3 Å². The van der Waals surface area contributed by atoms with Gasteiger partial charge in [-0.2, -0.15) is 0 Å². The molecule has 186 valence electrons. The average molecular weight is 495 g/mol. The Labute approximate surface area is 205 Å². The standard InChI is InChI=1S/C26H22O10/c27-11-20-21(29)22(30)23(31)25(35-20)33-13-6-8-17-19(10-13)34-18-9-12(28)5-7-16(18)26(17)15-4-2-1-3-14(15)24(32)36-26/h1-10,20-23,25,27-31H,11H2/t20-,21+,22+,23-,25-,26?/m1/s1/i3D. The molecule has 3 aliphatic heterocycles. The van der Waals surface area contributed by atoms with Gasteiger partial charge in [-0.25, -0.2) is 4.79 Å². The van der Waals surface area contributed by atoms with Crippen LogP contribution in [0.15, 0.2) is 60.6 Å². The average Bonchev–Trinajstić information content (AvgIpc) is 3.17. The van der Waals surface area contributed by atoms with E-state index in [0.29, 0.717) is 16.7 Å². The lowest BCUT2D eigenvalue weighted by Gasteiger charge is -2.40. The zero-order valence-electron chi connectivity index (χ0n) is 19.6. The molecule has 6 atom stereocenters. The summed E-state index contributed by atoms with van der Waals surface area (Å²) in [6, 6.07) is 13.8. The number of hydrogen-bond acceptors (Lipinski definition) is 10. The monoisotopic (exact) mass is 495 g/mol. The Hall–Kier alpha value is -3.67. The van der Waals surface area contributed by atoms with Crippen LogP contribution in [0.2, 0.25) is 0 Å². The number of carbonyl (C=O) groups is 1. The van der Waals surface area contributed by atoms with E-state index in [1.807, 2.05) is 0 Å². The van der Waals surface area contributed by atoms with Gasteiger partial charge >= 0.3 is 5.97 Å². The topological polar surface area (TPSA) is 155 Å². The Morgan fingerprint density at radius 2 is 1.69 bits per heavy atom. The number of rotatable bonds is 3. The zero-order valence-corrected chi connectivity index (χ0v) is 18.6. The highest BCUT2D eigenvalue weighted by atomic mass is 16.7. The number of ether oxygens (including phenoxy) is 4. The second-order valence-corrected chi connectivity index (χ2v) is 8.79. The molecule has 6 rings (SSSR count). The van der Waals surface area contributed by atoms with Gasteiger partial charge < -0.3 is 44.5 Å². The molecule has 0 bridgehead atoms. The van der Waals surface area contributed by atoms with Gasteiger partial charge in [-0.05, 0) is 30.3 Å². The first-order valence-corrected chi connectivity index (χ1v) is 11.2. The third-order valence-electron chi connectivity index (χ3n) is 6.68. The molecule has 0 aromatic heterocycles. The van der Waals surface area contributed by atoms with Crippen LogP contribution in [0.1, 0.15) is 28.4 Å². The van der Waals surface area contributed by atoms with Gasteiger partial charge in [0.2, 0.25) is 6.29 Å². The molecule has 1 spiro atoms. The summed E-state index contributed by atoms with van der Waals surface area (Å²) in [5.41, 5.74) is 0.00430. The second kappa shape index (κ2) is 8.19. The molecule has 10 nitrogen and oxygen atoms in total. The molecule has 3 aromatic carbocycles. The van der Waals surface area contributed by atoms with Gasteiger partial charge in [0, 0.05) is 28.8 Å². The summed E-state index contributed by atoms with van der Waals surface area (Å²) in [6.07, 6.45) is -7.33. The van der Waals surface area contributed by atoms with Crippen molar-refractivity contribution in [1.29, 1.82) is 0 Å². The van der Waals surface area contributed by atoms with Crippen molar-refractivity contribution in [3.05, 3.63) is 82.9 Å². The quantitative estimate of drug-likeness (QED) is 0.334. The van der Waals surface area contributed by atoms with E-state index < -0.39 is 48.9 Å². The van der Waals surface area contributed by atoms with Gasteiger partial charge in [0.05, 0.1) is 13.5 Å². The largest absolute Gasteiger partial charge is 0.508 e. The van der Waals surface area contributed by atoms with Gasteiger partial charge in [0.15, 0.2) is 5.60 Å². The number of phenols is 1. The molecule has 0 radical (unpaired) electrons. The molecule has 1 saturated heterocycles. The summed E-state index contributed by atoms with van der Waals surface area (Å²) in [5.74, 6) is -0.190. The van der Waals surface area contributed by atoms with E-state index in [1.165, 1.54) is 30.3 Å². The maximum Gasteiger partial charge on any atom is 0.340 e. The van der Waals surface area contributed by atoms with E-state index in [1.54, 1.807) is 24.3 Å². The van der Waals surface area contributed by atoms with Crippen LogP contribution >= 0.6 is 0 Å². The van der Waals surface area contributed by atoms with Crippen LogP contribution in [0.3, 0.4) is 0 Å². The van der Waals surface area contributed by atoms with Crippen LogP contribution < -0.4 is 9.47 Å². The maximum atomic E-state index is 13.0. The van der Waals surface area contributed by atoms with Gasteiger partial charge in [-0.3, -0.25) is 0 Å². The highest BCUT2D eigenvalue weighted by Crippen LogP contribution is 2.57. The molecule has 3 aliphatic rings. The fourth-order valence-corrected chi connectivity index (χ4v) is 4.94. The van der Waals surface area contributed by atoms with Gasteiger partial charge in [-0.1, -0.05) is 18.2 Å². The molecule has 36 heavy (non-hydrogen) atoms. The number of hydrogen-bond donors (Lipinski definition) is 5. The number of aromatic hydroxyl groups is 1. The van der Waals surface area contributed by atoms with Crippen LogP contribution in [-0.4, -0.2) is 68.8 Å². The van der Waals surface area contributed by atoms with Crippen LogP contribution in [0.4, 0.5) is 0 Å². The summed E-state index contributed by atoms with van der Waals surface area (Å²) in [4.78, 5) is 13.0. The molecule has 0 aliphatic carbocycles. The second-order valence-electron chi connectivity index (χ2n) is 8.79. The van der Waals surface area contributed by atoms with E-state index in [-0.39, 0.29) is 34.6 Å². The summed E-state index contributed by atoms with van der Waals surface area (Å²) < 4.78 is 31.4. The minimum Gasteiger partial charge on any atom is -0.508 e. The Kier molecular flexibility index (Phi) is 4.91. The summed E-state index contributed by atoms with van der Waals surface area (Å²) >= 11 is 0. The van der Waals surface area contributed by atoms with Crippen molar-refractivity contribution in [3.63, 3.8) is 0 Å². The first kappa shape index (κ1) is 21.6. The minimum atomic E-state index is -1.61. The Bertz CT molecular complexity index is 1410. The first-order valence-electron chi connectivity index (χ1n) is 11.7. The SMILES string of the molecule is [2H]c1cccc2c1C(=O)OC21c2ccc(O)cc2Oc2cc(O[C@@H]3O[C@H](CO)[C@H](O)[C@H](O)[C@H]3O)ccc21. The molecule has 1 unspecified atom stereocenters. The number of fused-ring (bicyclic) bond motifs is 6. The molecular weight excluding hydrogens is 472 g/mol. The molecular formula is C26H22O10. The Morgan fingerprint density at radius 1 is 0.944 bits per heavy atom. The Balaban J connectivity index is 1.45. The number of phenolic OH excluding ortho intramolecular Hbond substituents is 1. The first-order chi connectivity index (χ1) is 17.7. The van der Waals surface area contributed by atoms with Gasteiger partial charge in [0.25, 0.3) is 0 Å². The third-order valence-corrected chi connectivity index (χ3v) is 6.68. The molecule has 3 aromatic rings. The van der Waals surface area contributed by atoms with Crippen molar-refractivity contribution in [2.45, 2.75) is 36.3 Å². The van der Waals surface area contributed by atoms with Crippen LogP contribution in [0.25, 0.3) is 0 Å². The number of aliphatic hydroxyl groups is 4. The highest BCUT2D eigenvalue weighted by Gasteiger charge is 2.53. The lowest BCUT2D eigenvalue weighted by Crippen LogP contribution is -2.60. The molecule has 10 heteroatoms. The lowest BCUT2D eigenvalue weighted by atomic mass is 9.77. The van der Waals surface area contributed by atoms with Crippen LogP contribution in [0, 0.1) is 0 Å². The van der Waals surface area contributed by atoms with Crippen LogP contribution in [0.5, 0.6) is 23.0 Å². The summed E-state index contributed by atoms with van der Waals surface area (Å²) in [7, 11) is 0. The minimum absolute atomic E-state index is 0.00955. The summed E-state index contributed by atoms with van der Waals surface area (Å²) in [6.45, 7) is -0.607. The fourth-order valence-electron chi connectivity index (χ4n) is 4.94. The number of benzene rings is 3. The van der Waals surface area contributed by atoms with Crippen molar-refractivity contribution in [1.82, 2.24) is 0 Å². The van der Waals surface area contributed by atoms with Crippen molar-refractivity contribution in [3.8, 4) is 23.0 Å². The molecule has 5 N–H and O–H groups in total. The van der Waals surface area contributed by atoms with Gasteiger partial charge in [0.1, 0.15) is 47.4 Å². The number of carbonyl (C=O) groups excluding carboxylic acids is 1. The predicted octanol–water partition coefficient (Wildman–Crippen LogP) is 1.14. The van der Waals surface area contributed by atoms with Gasteiger partial charge in [-0.15, -0.1) is 0 Å². The normalized spacial score (nSPS) is 30.5. The van der Waals surface area contributed by atoms with E-state index in [2.05, 4.69) is 0 Å². The third kappa shape index (κ3) is 3.20. The maximum absolute atomic E-state index is 13.0. The van der Waals surface area contributed by atoms with E-state index >= 15 is 0 Å². The smallest absolute Gasteiger partial charge is 0.340 e. The molecule has 3 heterocycles. The number of esters is 1. The van der Waals surface area contributed by atoms with Crippen molar-refractivity contribution < 1.29 is 50.6 Å². The Morgan fingerprint density at radius 3 is 2.47 bits per heavy atom. The van der Waals surface area contributed by atoms with Crippen molar-refractivity contribution >= 4 is 5.97 Å². The zero-order chi connectivity index (χ0) is 26.1. The number of aliphatic hydroxyl groups excluding tert-OH is 4. The fraction of sp³-hybridized carbons (Fsp3) is 0.269. The molecule has 1 fully saturated rings. The van der Waals surface area contributed by atoms with E-state index in [0.717, 1.165) is 0 Å². The van der Waals surface area contributed by atoms with Crippen molar-refractivity contribution in [2.24, 2.45) is 0 Å². The van der Waals surface area contributed by atoms with E-state index in [9.17, 15) is 30.3 Å².